The molecule has 0 saturated heterocycles. The summed E-state index contributed by atoms with van der Waals surface area (Å²) >= 11 is 0. The molecule has 0 spiro atoms. The molecule has 2 N–H and O–H groups in total. The second kappa shape index (κ2) is 4.97. The molecular formula is C11H23NO. The maximum absolute atomic E-state index is 9.15. The van der Waals surface area contributed by atoms with Crippen LogP contribution >= 0.6 is 0 Å². The zero-order valence-electron chi connectivity index (χ0n) is 9.09. The van der Waals surface area contributed by atoms with Gasteiger partial charge in [0, 0.05) is 12.6 Å². The van der Waals surface area contributed by atoms with Gasteiger partial charge in [-0.15, -0.1) is 0 Å². The molecule has 0 aromatic rings. The van der Waals surface area contributed by atoms with E-state index in [0.717, 1.165) is 18.4 Å². The first-order valence-corrected chi connectivity index (χ1v) is 5.49. The normalized spacial score (nSPS) is 37.4. The third-order valence-corrected chi connectivity index (χ3v) is 2.88. The average molecular weight is 185 g/mol. The molecule has 0 radical (unpaired) electrons. The van der Waals surface area contributed by atoms with E-state index >= 15 is 0 Å². The molecule has 0 aromatic heterocycles. The number of aliphatic hydroxyl groups excluding tert-OH is 1. The Bertz CT molecular complexity index is 137. The number of aliphatic hydroxyl groups is 1. The van der Waals surface area contributed by atoms with Crippen molar-refractivity contribution in [3.63, 3.8) is 0 Å². The Morgan fingerprint density at radius 3 is 2.23 bits per heavy atom. The smallest absolute Gasteiger partial charge is 0.0636 e. The molecule has 0 aliphatic heterocycles. The van der Waals surface area contributed by atoms with Gasteiger partial charge < -0.3 is 10.4 Å². The van der Waals surface area contributed by atoms with Crippen LogP contribution in [0.2, 0.25) is 0 Å². The van der Waals surface area contributed by atoms with Crippen LogP contribution in [0.1, 0.15) is 40.0 Å². The maximum atomic E-state index is 9.15. The minimum atomic E-state index is -0.215. The summed E-state index contributed by atoms with van der Waals surface area (Å²) < 4.78 is 0. The Morgan fingerprint density at radius 2 is 1.77 bits per heavy atom. The standard InChI is InChI=1S/C11H23NO/c1-8-4-9(2)6-11(5-8)12-7-10(3)13/h8-13H,4-7H2,1-3H3/t8-,9-,10-/m1/s1. The molecule has 0 aromatic carbocycles. The molecule has 13 heavy (non-hydrogen) atoms. The van der Waals surface area contributed by atoms with Crippen molar-refractivity contribution in [1.29, 1.82) is 0 Å². The lowest BCUT2D eigenvalue weighted by molar-refractivity contribution is 0.168. The van der Waals surface area contributed by atoms with Gasteiger partial charge in [0.15, 0.2) is 0 Å². The molecule has 1 aliphatic carbocycles. The van der Waals surface area contributed by atoms with Crippen molar-refractivity contribution in [2.75, 3.05) is 6.54 Å². The SMILES string of the molecule is C[C@H]1CC(NC[C@@H](C)O)C[C@H](C)C1. The topological polar surface area (TPSA) is 32.3 Å². The minimum absolute atomic E-state index is 0.215. The van der Waals surface area contributed by atoms with Crippen LogP contribution in [0.15, 0.2) is 0 Å². The Labute approximate surface area is 81.7 Å². The van der Waals surface area contributed by atoms with Crippen LogP contribution in [0.4, 0.5) is 0 Å². The highest BCUT2D eigenvalue weighted by atomic mass is 16.3. The van der Waals surface area contributed by atoms with Gasteiger partial charge in [0.05, 0.1) is 6.10 Å². The molecule has 0 unspecified atom stereocenters. The molecule has 1 rings (SSSR count). The van der Waals surface area contributed by atoms with Crippen LogP contribution < -0.4 is 5.32 Å². The van der Waals surface area contributed by atoms with Gasteiger partial charge in [0.25, 0.3) is 0 Å². The summed E-state index contributed by atoms with van der Waals surface area (Å²) in [4.78, 5) is 0. The predicted molar refractivity (Wildman–Crippen MR) is 55.7 cm³/mol. The van der Waals surface area contributed by atoms with Crippen LogP contribution in [0.3, 0.4) is 0 Å². The van der Waals surface area contributed by atoms with Gasteiger partial charge in [-0.05, 0) is 38.0 Å². The molecule has 0 amide bonds. The predicted octanol–water partition coefficient (Wildman–Crippen LogP) is 1.78. The lowest BCUT2D eigenvalue weighted by Gasteiger charge is -2.32. The van der Waals surface area contributed by atoms with Gasteiger partial charge in [0.1, 0.15) is 0 Å². The minimum Gasteiger partial charge on any atom is -0.392 e. The van der Waals surface area contributed by atoms with E-state index in [1.165, 1.54) is 19.3 Å². The van der Waals surface area contributed by atoms with Crippen molar-refractivity contribution < 1.29 is 5.11 Å². The summed E-state index contributed by atoms with van der Waals surface area (Å²) in [6.07, 6.45) is 3.70. The summed E-state index contributed by atoms with van der Waals surface area (Å²) in [7, 11) is 0. The Hall–Kier alpha value is -0.0800. The summed E-state index contributed by atoms with van der Waals surface area (Å²) in [6, 6.07) is 0.633. The van der Waals surface area contributed by atoms with Crippen molar-refractivity contribution in [2.45, 2.75) is 52.2 Å². The van der Waals surface area contributed by atoms with Crippen LogP contribution in [0.25, 0.3) is 0 Å². The van der Waals surface area contributed by atoms with E-state index in [2.05, 4.69) is 19.2 Å². The van der Waals surface area contributed by atoms with Crippen molar-refractivity contribution >= 4 is 0 Å². The van der Waals surface area contributed by atoms with Crippen molar-refractivity contribution in [1.82, 2.24) is 5.32 Å². The lowest BCUT2D eigenvalue weighted by Crippen LogP contribution is -2.39. The molecule has 1 saturated carbocycles. The highest BCUT2D eigenvalue weighted by Gasteiger charge is 2.23. The van der Waals surface area contributed by atoms with Gasteiger partial charge in [-0.1, -0.05) is 13.8 Å². The molecule has 1 aliphatic rings. The van der Waals surface area contributed by atoms with E-state index in [-0.39, 0.29) is 6.10 Å². The van der Waals surface area contributed by atoms with Crippen molar-refractivity contribution in [2.24, 2.45) is 11.8 Å². The van der Waals surface area contributed by atoms with Crippen LogP contribution in [-0.2, 0) is 0 Å². The molecule has 78 valence electrons. The van der Waals surface area contributed by atoms with Gasteiger partial charge in [-0.2, -0.15) is 0 Å². The van der Waals surface area contributed by atoms with Gasteiger partial charge >= 0.3 is 0 Å². The molecule has 0 bridgehead atoms. The number of hydrogen-bond donors (Lipinski definition) is 2. The molecule has 3 atom stereocenters. The number of rotatable bonds is 3. The summed E-state index contributed by atoms with van der Waals surface area (Å²) in [5.41, 5.74) is 0. The maximum Gasteiger partial charge on any atom is 0.0636 e. The highest BCUT2D eigenvalue weighted by molar-refractivity contribution is 4.79. The van der Waals surface area contributed by atoms with E-state index < -0.39 is 0 Å². The fraction of sp³-hybridized carbons (Fsp3) is 1.00. The van der Waals surface area contributed by atoms with Crippen molar-refractivity contribution in [3.8, 4) is 0 Å². The Balaban J connectivity index is 2.25. The highest BCUT2D eigenvalue weighted by Crippen LogP contribution is 2.28. The monoisotopic (exact) mass is 185 g/mol. The fourth-order valence-corrected chi connectivity index (χ4v) is 2.45. The first-order chi connectivity index (χ1) is 6.08. The number of nitrogens with one attached hydrogen (secondary N) is 1. The summed E-state index contributed by atoms with van der Waals surface area (Å²) in [6.45, 7) is 7.23. The second-order valence-corrected chi connectivity index (χ2v) is 4.87. The molecule has 2 nitrogen and oxygen atoms in total. The van der Waals surface area contributed by atoms with E-state index in [1.807, 2.05) is 6.92 Å². The largest absolute Gasteiger partial charge is 0.392 e. The lowest BCUT2D eigenvalue weighted by atomic mass is 9.80. The Kier molecular flexibility index (Phi) is 4.20. The second-order valence-electron chi connectivity index (χ2n) is 4.87. The fourth-order valence-electron chi connectivity index (χ4n) is 2.45. The van der Waals surface area contributed by atoms with Crippen LogP contribution in [-0.4, -0.2) is 23.8 Å². The summed E-state index contributed by atoms with van der Waals surface area (Å²) in [5.74, 6) is 1.69. The molecular weight excluding hydrogens is 162 g/mol. The first kappa shape index (κ1) is 11.0. The number of hydrogen-bond acceptors (Lipinski definition) is 2. The molecule has 1 fully saturated rings. The summed E-state index contributed by atoms with van der Waals surface area (Å²) in [5, 5.41) is 12.6. The zero-order valence-corrected chi connectivity index (χ0v) is 9.09. The van der Waals surface area contributed by atoms with E-state index in [1.54, 1.807) is 0 Å². The zero-order chi connectivity index (χ0) is 9.84. The third kappa shape index (κ3) is 4.10. The molecule has 2 heteroatoms. The van der Waals surface area contributed by atoms with Gasteiger partial charge in [0.2, 0.25) is 0 Å². The van der Waals surface area contributed by atoms with Gasteiger partial charge in [-0.25, -0.2) is 0 Å². The molecule has 0 heterocycles. The van der Waals surface area contributed by atoms with Gasteiger partial charge in [-0.3, -0.25) is 0 Å². The quantitative estimate of drug-likeness (QED) is 0.702. The van der Waals surface area contributed by atoms with Crippen LogP contribution in [0.5, 0.6) is 0 Å². The van der Waals surface area contributed by atoms with Crippen molar-refractivity contribution in [3.05, 3.63) is 0 Å². The average Bonchev–Trinajstić information content (AvgIpc) is 1.99. The van der Waals surface area contributed by atoms with E-state index in [4.69, 9.17) is 5.11 Å². The first-order valence-electron chi connectivity index (χ1n) is 5.49. The van der Waals surface area contributed by atoms with Crippen LogP contribution in [0, 0.1) is 11.8 Å². The van der Waals surface area contributed by atoms with E-state index in [0.29, 0.717) is 6.04 Å². The Morgan fingerprint density at radius 1 is 1.23 bits per heavy atom. The third-order valence-electron chi connectivity index (χ3n) is 2.88. The van der Waals surface area contributed by atoms with E-state index in [9.17, 15) is 0 Å².